The zero-order valence-electron chi connectivity index (χ0n) is 18.6. The second kappa shape index (κ2) is 14.3. The molecule has 0 aromatic carbocycles. The first-order chi connectivity index (χ1) is 12.6. The number of hydrogen-bond acceptors (Lipinski definition) is 0. The minimum Gasteiger partial charge on any atom is -0.0885 e. The van der Waals surface area contributed by atoms with Crippen molar-refractivity contribution < 1.29 is 0 Å². The van der Waals surface area contributed by atoms with Crippen molar-refractivity contribution >= 4 is 0 Å². The molecule has 1 atom stereocenters. The van der Waals surface area contributed by atoms with E-state index >= 15 is 0 Å². The van der Waals surface area contributed by atoms with E-state index < -0.39 is 0 Å². The van der Waals surface area contributed by atoms with E-state index in [0.717, 1.165) is 0 Å². The fraction of sp³-hybridized carbons (Fsp3) is 0.769. The maximum Gasteiger partial charge on any atom is -0.00126 e. The molecule has 0 aromatic heterocycles. The van der Waals surface area contributed by atoms with Gasteiger partial charge >= 0.3 is 0 Å². The number of unbranched alkanes of at least 4 members (excludes halogenated alkanes) is 11. The van der Waals surface area contributed by atoms with Crippen LogP contribution in [0.3, 0.4) is 0 Å². The molecule has 0 heterocycles. The third kappa shape index (κ3) is 8.74. The van der Waals surface area contributed by atoms with Crippen LogP contribution in [-0.4, -0.2) is 0 Å². The SMILES string of the molecule is CCCCCCCC/C=C/CCCCCCCC1=C(C)C(C)=C(C)C1C. The molecule has 150 valence electrons. The lowest BCUT2D eigenvalue weighted by molar-refractivity contribution is 0.600. The van der Waals surface area contributed by atoms with E-state index in [1.54, 1.807) is 22.3 Å². The summed E-state index contributed by atoms with van der Waals surface area (Å²) in [5.74, 6) is 0.701. The molecule has 0 fully saturated rings. The van der Waals surface area contributed by atoms with Crippen LogP contribution < -0.4 is 0 Å². The average Bonchev–Trinajstić information content (AvgIpc) is 2.82. The van der Waals surface area contributed by atoms with Gasteiger partial charge in [-0.25, -0.2) is 0 Å². The summed E-state index contributed by atoms with van der Waals surface area (Å²) in [6, 6.07) is 0. The van der Waals surface area contributed by atoms with Gasteiger partial charge in [0.05, 0.1) is 0 Å². The summed E-state index contributed by atoms with van der Waals surface area (Å²) in [7, 11) is 0. The van der Waals surface area contributed by atoms with Crippen LogP contribution in [0.5, 0.6) is 0 Å². The molecule has 1 aliphatic rings. The predicted molar refractivity (Wildman–Crippen MR) is 120 cm³/mol. The molecule has 0 bridgehead atoms. The zero-order valence-corrected chi connectivity index (χ0v) is 18.6. The molecule has 1 unspecified atom stereocenters. The molecule has 0 aromatic rings. The summed E-state index contributed by atoms with van der Waals surface area (Å²) in [5.41, 5.74) is 6.47. The molecule has 0 saturated carbocycles. The highest BCUT2D eigenvalue weighted by atomic mass is 14.3. The van der Waals surface area contributed by atoms with E-state index in [-0.39, 0.29) is 0 Å². The Hall–Kier alpha value is -0.780. The molecule has 1 aliphatic carbocycles. The van der Waals surface area contributed by atoms with E-state index in [4.69, 9.17) is 0 Å². The van der Waals surface area contributed by atoms with Crippen LogP contribution in [0.25, 0.3) is 0 Å². The van der Waals surface area contributed by atoms with E-state index in [9.17, 15) is 0 Å². The highest BCUT2D eigenvalue weighted by Gasteiger charge is 2.22. The first kappa shape index (κ1) is 23.3. The number of allylic oxidation sites excluding steroid dienone is 6. The van der Waals surface area contributed by atoms with Crippen molar-refractivity contribution in [1.82, 2.24) is 0 Å². The Morgan fingerprint density at radius 1 is 0.654 bits per heavy atom. The molecule has 0 radical (unpaired) electrons. The van der Waals surface area contributed by atoms with Crippen LogP contribution in [0.2, 0.25) is 0 Å². The molecule has 0 nitrogen and oxygen atoms in total. The van der Waals surface area contributed by atoms with Crippen molar-refractivity contribution in [2.24, 2.45) is 5.92 Å². The Labute approximate surface area is 165 Å². The minimum atomic E-state index is 0.701. The van der Waals surface area contributed by atoms with Crippen LogP contribution in [0.1, 0.15) is 125 Å². The number of hydrogen-bond donors (Lipinski definition) is 0. The zero-order chi connectivity index (χ0) is 19.2. The summed E-state index contributed by atoms with van der Waals surface area (Å²) in [4.78, 5) is 0. The molecule has 0 heteroatoms. The lowest BCUT2D eigenvalue weighted by atomic mass is 9.93. The smallest absolute Gasteiger partial charge is 0.00126 e. The predicted octanol–water partition coefficient (Wildman–Crippen LogP) is 9.33. The Bertz CT molecular complexity index is 460. The van der Waals surface area contributed by atoms with Gasteiger partial charge in [0.2, 0.25) is 0 Å². The summed E-state index contributed by atoms with van der Waals surface area (Å²) in [5, 5.41) is 0. The monoisotopic (exact) mass is 358 g/mol. The maximum absolute atomic E-state index is 2.43. The van der Waals surface area contributed by atoms with Gasteiger partial charge in [-0.05, 0) is 76.4 Å². The van der Waals surface area contributed by atoms with Crippen molar-refractivity contribution in [1.29, 1.82) is 0 Å². The minimum absolute atomic E-state index is 0.701. The first-order valence-electron chi connectivity index (χ1n) is 11.6. The van der Waals surface area contributed by atoms with E-state index in [2.05, 4.69) is 46.8 Å². The van der Waals surface area contributed by atoms with Crippen LogP contribution in [0.4, 0.5) is 0 Å². The van der Waals surface area contributed by atoms with Gasteiger partial charge < -0.3 is 0 Å². The van der Waals surface area contributed by atoms with Crippen LogP contribution in [0, 0.1) is 5.92 Å². The molecule has 26 heavy (non-hydrogen) atoms. The molecule has 0 amide bonds. The van der Waals surface area contributed by atoms with Crippen molar-refractivity contribution in [3.05, 3.63) is 34.4 Å². The fourth-order valence-electron chi connectivity index (χ4n) is 4.24. The van der Waals surface area contributed by atoms with Gasteiger partial charge in [-0.15, -0.1) is 0 Å². The molecular formula is C26H46. The van der Waals surface area contributed by atoms with Gasteiger partial charge in [-0.1, -0.05) is 88.5 Å². The van der Waals surface area contributed by atoms with E-state index in [1.807, 2.05) is 0 Å². The third-order valence-electron chi connectivity index (χ3n) is 6.52. The largest absolute Gasteiger partial charge is 0.0885 e. The summed E-state index contributed by atoms with van der Waals surface area (Å²) < 4.78 is 0. The fourth-order valence-corrected chi connectivity index (χ4v) is 4.24. The van der Waals surface area contributed by atoms with Gasteiger partial charge in [0, 0.05) is 0 Å². The van der Waals surface area contributed by atoms with E-state index in [1.165, 1.54) is 89.9 Å². The van der Waals surface area contributed by atoms with Crippen molar-refractivity contribution in [3.63, 3.8) is 0 Å². The Balaban J connectivity index is 1.92. The van der Waals surface area contributed by atoms with Gasteiger partial charge in [0.25, 0.3) is 0 Å². The lowest BCUT2D eigenvalue weighted by Gasteiger charge is -2.12. The second-order valence-electron chi connectivity index (χ2n) is 8.51. The average molecular weight is 359 g/mol. The highest BCUT2D eigenvalue weighted by Crippen LogP contribution is 2.38. The van der Waals surface area contributed by atoms with E-state index in [0.29, 0.717) is 5.92 Å². The summed E-state index contributed by atoms with van der Waals surface area (Å²) >= 11 is 0. The summed E-state index contributed by atoms with van der Waals surface area (Å²) in [6.45, 7) is 11.6. The Morgan fingerprint density at radius 2 is 1.15 bits per heavy atom. The van der Waals surface area contributed by atoms with Crippen LogP contribution in [0.15, 0.2) is 34.4 Å². The van der Waals surface area contributed by atoms with Gasteiger partial charge in [-0.2, -0.15) is 0 Å². The molecular weight excluding hydrogens is 312 g/mol. The first-order valence-corrected chi connectivity index (χ1v) is 11.6. The molecule has 0 N–H and O–H groups in total. The van der Waals surface area contributed by atoms with Gasteiger partial charge in [0.15, 0.2) is 0 Å². The second-order valence-corrected chi connectivity index (χ2v) is 8.51. The number of rotatable bonds is 15. The van der Waals surface area contributed by atoms with Crippen molar-refractivity contribution in [3.8, 4) is 0 Å². The maximum atomic E-state index is 2.43. The molecule has 0 aliphatic heterocycles. The highest BCUT2D eigenvalue weighted by molar-refractivity contribution is 5.46. The van der Waals surface area contributed by atoms with Gasteiger partial charge in [-0.3, -0.25) is 0 Å². The molecule has 0 spiro atoms. The quantitative estimate of drug-likeness (QED) is 0.202. The van der Waals surface area contributed by atoms with Crippen molar-refractivity contribution in [2.45, 2.75) is 125 Å². The molecule has 1 rings (SSSR count). The third-order valence-corrected chi connectivity index (χ3v) is 6.52. The topological polar surface area (TPSA) is 0 Å². The summed E-state index contributed by atoms with van der Waals surface area (Å²) in [6.07, 6.45) is 24.2. The van der Waals surface area contributed by atoms with Crippen LogP contribution >= 0.6 is 0 Å². The Morgan fingerprint density at radius 3 is 1.65 bits per heavy atom. The normalized spacial score (nSPS) is 18.0. The Kier molecular flexibility index (Phi) is 12.8. The van der Waals surface area contributed by atoms with Gasteiger partial charge in [0.1, 0.15) is 0 Å². The lowest BCUT2D eigenvalue weighted by Crippen LogP contribution is -1.97. The van der Waals surface area contributed by atoms with Crippen LogP contribution in [-0.2, 0) is 0 Å². The molecule has 0 saturated heterocycles. The van der Waals surface area contributed by atoms with Crippen molar-refractivity contribution in [2.75, 3.05) is 0 Å². The standard InChI is InChI=1S/C26H46/c1-6-7-8-9-10-11-12-13-14-15-16-17-18-19-20-21-26-24(4)22(2)23(3)25(26)5/h13-14,24H,6-12,15-21H2,1-5H3/b14-13+.